The van der Waals surface area contributed by atoms with Gasteiger partial charge in [-0.3, -0.25) is 9.59 Å². The summed E-state index contributed by atoms with van der Waals surface area (Å²) in [6.45, 7) is 7.79. The molecule has 3 aromatic rings. The van der Waals surface area contributed by atoms with Gasteiger partial charge in [0.15, 0.2) is 5.69 Å². The molecule has 2 aromatic heterocycles. The molecule has 11 nitrogen and oxygen atoms in total. The molecule has 0 aliphatic carbocycles. The minimum atomic E-state index is -0.661. The molecule has 0 spiro atoms. The van der Waals surface area contributed by atoms with Crippen molar-refractivity contribution in [3.63, 3.8) is 0 Å². The number of nitrogens with one attached hydrogen (secondary N) is 1. The second-order valence-corrected chi connectivity index (χ2v) is 10.3. The minimum absolute atomic E-state index is 0.0591. The van der Waals surface area contributed by atoms with Gasteiger partial charge in [0, 0.05) is 38.9 Å². The normalized spacial score (nSPS) is 18.9. The van der Waals surface area contributed by atoms with Crippen LogP contribution >= 0.6 is 11.6 Å². The molecule has 0 unspecified atom stereocenters. The van der Waals surface area contributed by atoms with Crippen LogP contribution in [0.4, 0.5) is 5.82 Å². The van der Waals surface area contributed by atoms with E-state index in [9.17, 15) is 9.59 Å². The first-order chi connectivity index (χ1) is 19.3. The lowest BCUT2D eigenvalue weighted by Crippen LogP contribution is -2.35. The Morgan fingerprint density at radius 2 is 2.10 bits per heavy atom. The zero-order valence-corrected chi connectivity index (χ0v) is 23.5. The van der Waals surface area contributed by atoms with Gasteiger partial charge in [-0.25, -0.2) is 9.67 Å². The predicted molar refractivity (Wildman–Crippen MR) is 151 cm³/mol. The van der Waals surface area contributed by atoms with E-state index in [2.05, 4.69) is 33.3 Å². The molecule has 2 aliphatic heterocycles. The van der Waals surface area contributed by atoms with Crippen LogP contribution < -0.4 is 11.1 Å². The third kappa shape index (κ3) is 4.94. The third-order valence-electron chi connectivity index (χ3n) is 7.50. The second-order valence-electron chi connectivity index (χ2n) is 9.94. The summed E-state index contributed by atoms with van der Waals surface area (Å²) in [5.41, 5.74) is 8.45. The van der Waals surface area contributed by atoms with Gasteiger partial charge in [0.05, 0.1) is 41.4 Å². The molecule has 40 heavy (non-hydrogen) atoms. The fraction of sp³-hybridized carbons (Fsp3) is 0.429. The maximum Gasteiger partial charge on any atom is 0.255 e. The van der Waals surface area contributed by atoms with Crippen molar-refractivity contribution in [1.82, 2.24) is 24.2 Å². The second kappa shape index (κ2) is 11.3. The number of amides is 2. The molecule has 0 saturated carbocycles. The van der Waals surface area contributed by atoms with Crippen molar-refractivity contribution >= 4 is 40.3 Å². The quantitative estimate of drug-likeness (QED) is 0.317. The number of halogens is 1. The molecule has 2 aliphatic rings. The fourth-order valence-corrected chi connectivity index (χ4v) is 5.74. The minimum Gasteiger partial charge on any atom is -0.385 e. The first-order valence-corrected chi connectivity index (χ1v) is 13.4. The van der Waals surface area contributed by atoms with E-state index in [1.807, 2.05) is 19.1 Å². The number of anilines is 1. The van der Waals surface area contributed by atoms with Crippen molar-refractivity contribution in [2.45, 2.75) is 37.9 Å². The van der Waals surface area contributed by atoms with Gasteiger partial charge in [-0.15, -0.1) is 0 Å². The van der Waals surface area contributed by atoms with Gasteiger partial charge in [-0.1, -0.05) is 24.1 Å². The molecule has 2 saturated heterocycles. The Hall–Kier alpha value is -3.85. The van der Waals surface area contributed by atoms with Crippen molar-refractivity contribution in [2.75, 3.05) is 45.8 Å². The predicted octanol–water partition coefficient (Wildman–Crippen LogP) is 2.67. The molecule has 2 fully saturated rings. The number of hydrogen-bond acceptors (Lipinski definition) is 7. The monoisotopic (exact) mass is 565 g/mol. The zero-order chi connectivity index (χ0) is 28.6. The molecule has 5 rings (SSSR count). The maximum atomic E-state index is 12.6. The van der Waals surface area contributed by atoms with Crippen molar-refractivity contribution in [3.8, 4) is 11.8 Å². The lowest BCUT2D eigenvalue weighted by atomic mass is 10.1. The Morgan fingerprint density at radius 1 is 1.32 bits per heavy atom. The highest BCUT2D eigenvalue weighted by Crippen LogP contribution is 2.34. The summed E-state index contributed by atoms with van der Waals surface area (Å²) in [6.07, 6.45) is 2.60. The van der Waals surface area contributed by atoms with Gasteiger partial charge in [0.25, 0.3) is 5.91 Å². The average molecular weight is 566 g/mol. The van der Waals surface area contributed by atoms with E-state index in [1.165, 1.54) is 6.08 Å². The standard InChI is InChI=1S/C28H32ClN7O4/c1-5-25(37)34-13-19(11-18(34)8-9-39-4)36-28(31-3)26(27(30)38)22(33-36)7-6-17-10-23-24(12-21(17)29)35(16(2)32-23)20-14-40-15-20/h5,10,12,18-20,31H,1,8-9,11,13-15H2,2-4H3,(H2,30,38)/t18-,19-/m0/s1. The number of nitrogens with zero attached hydrogens (tertiary/aromatic N) is 5. The lowest BCUT2D eigenvalue weighted by Gasteiger charge is -2.28. The molecule has 2 atom stereocenters. The number of fused-ring (bicyclic) bond motifs is 1. The third-order valence-corrected chi connectivity index (χ3v) is 7.81. The topological polar surface area (TPSA) is 130 Å². The van der Waals surface area contributed by atoms with Gasteiger partial charge < -0.3 is 30.0 Å². The number of ether oxygens (including phenoxy) is 2. The van der Waals surface area contributed by atoms with E-state index in [-0.39, 0.29) is 35.3 Å². The lowest BCUT2D eigenvalue weighted by molar-refractivity contribution is -0.127. The van der Waals surface area contributed by atoms with Gasteiger partial charge >= 0.3 is 0 Å². The number of rotatable bonds is 8. The van der Waals surface area contributed by atoms with E-state index in [1.54, 1.807) is 23.7 Å². The van der Waals surface area contributed by atoms with Crippen LogP contribution in [0, 0.1) is 18.8 Å². The molecular weight excluding hydrogens is 534 g/mol. The summed E-state index contributed by atoms with van der Waals surface area (Å²) < 4.78 is 14.4. The van der Waals surface area contributed by atoms with Crippen molar-refractivity contribution in [1.29, 1.82) is 0 Å². The Kier molecular flexibility index (Phi) is 7.85. The van der Waals surface area contributed by atoms with Crippen LogP contribution in [-0.2, 0) is 14.3 Å². The number of nitrogens with two attached hydrogens (primary N) is 1. The van der Waals surface area contributed by atoms with Crippen LogP contribution in [0.15, 0.2) is 24.8 Å². The number of carbonyl (C=O) groups is 2. The zero-order valence-electron chi connectivity index (χ0n) is 22.7. The molecule has 1 aromatic carbocycles. The van der Waals surface area contributed by atoms with Crippen LogP contribution in [0.5, 0.6) is 0 Å². The van der Waals surface area contributed by atoms with E-state index in [0.29, 0.717) is 55.6 Å². The van der Waals surface area contributed by atoms with Crippen molar-refractivity contribution in [3.05, 3.63) is 52.5 Å². The summed E-state index contributed by atoms with van der Waals surface area (Å²) in [5, 5.41) is 8.21. The van der Waals surface area contributed by atoms with Crippen LogP contribution in [-0.4, -0.2) is 82.6 Å². The highest BCUT2D eigenvalue weighted by Gasteiger charge is 2.37. The number of carbonyl (C=O) groups excluding carboxylic acids is 2. The number of primary amides is 1. The van der Waals surface area contributed by atoms with E-state index >= 15 is 0 Å². The summed E-state index contributed by atoms with van der Waals surface area (Å²) in [7, 11) is 3.32. The van der Waals surface area contributed by atoms with Gasteiger partial charge in [-0.05, 0) is 43.9 Å². The van der Waals surface area contributed by atoms with Gasteiger partial charge in [-0.2, -0.15) is 5.10 Å². The molecule has 3 N–H and O–H groups in total. The van der Waals surface area contributed by atoms with Crippen LogP contribution in [0.3, 0.4) is 0 Å². The maximum absolute atomic E-state index is 12.6. The van der Waals surface area contributed by atoms with Gasteiger partial charge in [0.2, 0.25) is 5.91 Å². The molecule has 0 radical (unpaired) electrons. The summed E-state index contributed by atoms with van der Waals surface area (Å²) >= 11 is 6.64. The highest BCUT2D eigenvalue weighted by molar-refractivity contribution is 6.32. The Balaban J connectivity index is 1.51. The molecular formula is C28H32ClN7O4. The van der Waals surface area contributed by atoms with E-state index in [0.717, 1.165) is 16.9 Å². The molecule has 2 amide bonds. The van der Waals surface area contributed by atoms with Crippen molar-refractivity contribution in [2.24, 2.45) is 5.73 Å². The number of hydrogen-bond donors (Lipinski definition) is 2. The SMILES string of the molecule is C=CC(=O)N1C[C@@H](n2nc(C#Cc3cc4nc(C)n(C5COC5)c4cc3Cl)c(C(N)=O)c2NC)C[C@@H]1CCOC. The number of methoxy groups -OCH3 is 1. The Morgan fingerprint density at radius 3 is 2.73 bits per heavy atom. The molecule has 12 heteroatoms. The van der Waals surface area contributed by atoms with E-state index < -0.39 is 5.91 Å². The van der Waals surface area contributed by atoms with Crippen LogP contribution in [0.1, 0.15) is 52.4 Å². The first kappa shape index (κ1) is 27.7. The fourth-order valence-electron chi connectivity index (χ4n) is 5.53. The van der Waals surface area contributed by atoms with Crippen LogP contribution in [0.2, 0.25) is 5.02 Å². The first-order valence-electron chi connectivity index (χ1n) is 13.1. The average Bonchev–Trinajstić information content (AvgIpc) is 3.58. The molecule has 210 valence electrons. The smallest absolute Gasteiger partial charge is 0.255 e. The number of aromatic nitrogens is 4. The Bertz CT molecular complexity index is 1550. The largest absolute Gasteiger partial charge is 0.385 e. The molecule has 4 heterocycles. The summed E-state index contributed by atoms with van der Waals surface area (Å²) in [4.78, 5) is 31.6. The number of imidazole rings is 1. The summed E-state index contributed by atoms with van der Waals surface area (Å²) in [6, 6.07) is 3.67. The summed E-state index contributed by atoms with van der Waals surface area (Å²) in [5.74, 6) is 6.58. The number of aryl methyl sites for hydroxylation is 1. The highest BCUT2D eigenvalue weighted by atomic mass is 35.5. The van der Waals surface area contributed by atoms with Crippen LogP contribution in [0.25, 0.3) is 11.0 Å². The molecule has 0 bridgehead atoms. The van der Waals surface area contributed by atoms with Gasteiger partial charge in [0.1, 0.15) is 17.2 Å². The van der Waals surface area contributed by atoms with E-state index in [4.69, 9.17) is 31.9 Å². The Labute approximate surface area is 237 Å². The number of benzene rings is 1. The number of likely N-dealkylation sites (tertiary alicyclic amines) is 1. The van der Waals surface area contributed by atoms with Crippen molar-refractivity contribution < 1.29 is 19.1 Å².